The van der Waals surface area contributed by atoms with Crippen molar-refractivity contribution in [3.63, 3.8) is 0 Å². The van der Waals surface area contributed by atoms with Crippen LogP contribution in [-0.2, 0) is 16.1 Å². The Morgan fingerprint density at radius 2 is 2.00 bits per heavy atom. The van der Waals surface area contributed by atoms with Gasteiger partial charge in [0.1, 0.15) is 11.8 Å². The van der Waals surface area contributed by atoms with Crippen molar-refractivity contribution in [1.82, 2.24) is 4.90 Å². The molecule has 98 valence electrons. The fourth-order valence-corrected chi connectivity index (χ4v) is 1.67. The molecule has 5 nitrogen and oxygen atoms in total. The summed E-state index contributed by atoms with van der Waals surface area (Å²) in [5.74, 6) is -0.669. The van der Waals surface area contributed by atoms with Crippen LogP contribution in [0.2, 0.25) is 0 Å². The summed E-state index contributed by atoms with van der Waals surface area (Å²) in [7, 11) is 1.54. The third kappa shape index (κ3) is 3.23. The lowest BCUT2D eigenvalue weighted by Gasteiger charge is -2.25. The summed E-state index contributed by atoms with van der Waals surface area (Å²) < 4.78 is 5.18. The van der Waals surface area contributed by atoms with E-state index in [1.807, 2.05) is 18.2 Å². The molecule has 1 atom stereocenters. The van der Waals surface area contributed by atoms with Gasteiger partial charge in [0.15, 0.2) is 0 Å². The predicted octanol–water partition coefficient (Wildman–Crippen LogP) is 1.52. The van der Waals surface area contributed by atoms with E-state index < -0.39 is 12.0 Å². The predicted molar refractivity (Wildman–Crippen MR) is 66.3 cm³/mol. The fraction of sp³-hybridized carbons (Fsp3) is 0.385. The number of hydrogen-bond donors (Lipinski definition) is 1. The van der Waals surface area contributed by atoms with Gasteiger partial charge >= 0.3 is 5.97 Å². The third-order valence-corrected chi connectivity index (χ3v) is 2.76. The first kappa shape index (κ1) is 14.0. The number of hydrogen-bond acceptors (Lipinski definition) is 3. The van der Waals surface area contributed by atoms with Gasteiger partial charge in [-0.25, -0.2) is 4.79 Å². The number of nitrogens with zero attached hydrogens (tertiary/aromatic N) is 1. The van der Waals surface area contributed by atoms with Gasteiger partial charge in [0.05, 0.1) is 13.7 Å². The molecule has 0 aliphatic rings. The van der Waals surface area contributed by atoms with E-state index in [-0.39, 0.29) is 12.5 Å². The molecule has 0 heterocycles. The molecule has 5 heteroatoms. The van der Waals surface area contributed by atoms with Gasteiger partial charge < -0.3 is 14.7 Å². The van der Waals surface area contributed by atoms with Crippen LogP contribution < -0.4 is 4.74 Å². The van der Waals surface area contributed by atoms with Gasteiger partial charge in [-0.3, -0.25) is 4.79 Å². The summed E-state index contributed by atoms with van der Waals surface area (Å²) in [5, 5.41) is 8.98. The van der Waals surface area contributed by atoms with Crippen molar-refractivity contribution in [3.05, 3.63) is 29.8 Å². The van der Waals surface area contributed by atoms with Crippen LogP contribution in [0.4, 0.5) is 0 Å². The van der Waals surface area contributed by atoms with Gasteiger partial charge in [-0.15, -0.1) is 0 Å². The van der Waals surface area contributed by atoms with Gasteiger partial charge in [-0.05, 0) is 13.0 Å². The quantitative estimate of drug-likeness (QED) is 0.861. The molecule has 0 spiro atoms. The van der Waals surface area contributed by atoms with E-state index in [0.29, 0.717) is 5.75 Å². The number of para-hydroxylation sites is 1. The van der Waals surface area contributed by atoms with E-state index in [0.717, 1.165) is 5.56 Å². The normalized spacial score (nSPS) is 11.7. The lowest BCUT2D eigenvalue weighted by Crippen LogP contribution is -2.41. The number of ether oxygens (including phenoxy) is 1. The van der Waals surface area contributed by atoms with Crippen molar-refractivity contribution in [2.75, 3.05) is 7.11 Å². The molecular weight excluding hydrogens is 234 g/mol. The molecule has 1 aromatic rings. The van der Waals surface area contributed by atoms with Gasteiger partial charge in [0.25, 0.3) is 0 Å². The van der Waals surface area contributed by atoms with E-state index in [2.05, 4.69) is 0 Å². The summed E-state index contributed by atoms with van der Waals surface area (Å²) in [6, 6.07) is 6.36. The second-order valence-corrected chi connectivity index (χ2v) is 3.97. The molecule has 0 aliphatic carbocycles. The molecule has 0 aliphatic heterocycles. The Balaban J connectivity index is 2.97. The Hall–Kier alpha value is -2.04. The number of methoxy groups -OCH3 is 1. The first-order valence-electron chi connectivity index (χ1n) is 5.59. The zero-order valence-electron chi connectivity index (χ0n) is 10.7. The molecule has 1 rings (SSSR count). The van der Waals surface area contributed by atoms with E-state index in [1.54, 1.807) is 6.07 Å². The number of carbonyl (C=O) groups is 2. The topological polar surface area (TPSA) is 66.8 Å². The van der Waals surface area contributed by atoms with Crippen LogP contribution in [-0.4, -0.2) is 35.0 Å². The highest BCUT2D eigenvalue weighted by Gasteiger charge is 2.23. The monoisotopic (exact) mass is 251 g/mol. The van der Waals surface area contributed by atoms with Crippen LogP contribution in [0.3, 0.4) is 0 Å². The number of carboxylic acids is 1. The van der Waals surface area contributed by atoms with Crippen molar-refractivity contribution in [2.24, 2.45) is 0 Å². The first-order chi connectivity index (χ1) is 8.47. The van der Waals surface area contributed by atoms with Gasteiger partial charge in [-0.2, -0.15) is 0 Å². The minimum atomic E-state index is -1.03. The van der Waals surface area contributed by atoms with Crippen LogP contribution in [0.5, 0.6) is 5.75 Å². The van der Waals surface area contributed by atoms with Crippen LogP contribution in [0.15, 0.2) is 24.3 Å². The molecule has 1 N–H and O–H groups in total. The number of carbonyl (C=O) groups excluding carboxylic acids is 1. The van der Waals surface area contributed by atoms with Crippen LogP contribution >= 0.6 is 0 Å². The molecule has 18 heavy (non-hydrogen) atoms. The zero-order chi connectivity index (χ0) is 13.7. The highest BCUT2D eigenvalue weighted by molar-refractivity contribution is 5.81. The van der Waals surface area contributed by atoms with E-state index in [9.17, 15) is 9.59 Å². The molecule has 1 amide bonds. The van der Waals surface area contributed by atoms with E-state index >= 15 is 0 Å². The molecule has 0 aromatic heterocycles. The molecule has 0 saturated carbocycles. The lowest BCUT2D eigenvalue weighted by atomic mass is 10.1. The Morgan fingerprint density at radius 1 is 1.39 bits per heavy atom. The molecule has 0 radical (unpaired) electrons. The standard InChI is InChI=1S/C13H17NO4/c1-9(13(16)17)14(10(2)15)8-11-6-4-5-7-12(11)18-3/h4-7,9H,8H2,1-3H3,(H,16,17). The summed E-state index contributed by atoms with van der Waals surface area (Å²) >= 11 is 0. The largest absolute Gasteiger partial charge is 0.496 e. The molecule has 0 fully saturated rings. The maximum Gasteiger partial charge on any atom is 0.326 e. The smallest absolute Gasteiger partial charge is 0.326 e. The SMILES string of the molecule is COc1ccccc1CN(C(C)=O)C(C)C(=O)O. The van der Waals surface area contributed by atoms with Crippen molar-refractivity contribution >= 4 is 11.9 Å². The van der Waals surface area contributed by atoms with Gasteiger partial charge in [0.2, 0.25) is 5.91 Å². The average Bonchev–Trinajstić information content (AvgIpc) is 2.35. The highest BCUT2D eigenvalue weighted by Crippen LogP contribution is 2.20. The Bertz CT molecular complexity index is 444. The van der Waals surface area contributed by atoms with Crippen molar-refractivity contribution in [2.45, 2.75) is 26.4 Å². The molecule has 1 unspecified atom stereocenters. The Kier molecular flexibility index (Phi) is 4.71. The summed E-state index contributed by atoms with van der Waals surface area (Å²) in [6.07, 6.45) is 0. The van der Waals surface area contributed by atoms with Gasteiger partial charge in [0, 0.05) is 12.5 Å². The summed E-state index contributed by atoms with van der Waals surface area (Å²) in [5.41, 5.74) is 0.781. The van der Waals surface area contributed by atoms with Crippen molar-refractivity contribution in [1.29, 1.82) is 0 Å². The number of rotatable bonds is 5. The Labute approximate surface area is 106 Å². The number of carboxylic acid groups (broad SMARTS) is 1. The second-order valence-electron chi connectivity index (χ2n) is 3.97. The van der Waals surface area contributed by atoms with Crippen LogP contribution in [0.1, 0.15) is 19.4 Å². The van der Waals surface area contributed by atoms with E-state index in [1.165, 1.54) is 25.9 Å². The summed E-state index contributed by atoms with van der Waals surface area (Å²) in [4.78, 5) is 23.8. The maximum atomic E-state index is 11.5. The molecule has 0 saturated heterocycles. The second kappa shape index (κ2) is 6.05. The van der Waals surface area contributed by atoms with Crippen molar-refractivity contribution in [3.8, 4) is 5.75 Å². The minimum Gasteiger partial charge on any atom is -0.496 e. The van der Waals surface area contributed by atoms with Gasteiger partial charge in [-0.1, -0.05) is 18.2 Å². The number of aliphatic carboxylic acids is 1. The average molecular weight is 251 g/mol. The molecule has 0 bridgehead atoms. The number of amides is 1. The zero-order valence-corrected chi connectivity index (χ0v) is 10.7. The fourth-order valence-electron chi connectivity index (χ4n) is 1.67. The molecule has 1 aromatic carbocycles. The van der Waals surface area contributed by atoms with Crippen LogP contribution in [0.25, 0.3) is 0 Å². The lowest BCUT2D eigenvalue weighted by molar-refractivity contribution is -0.149. The third-order valence-electron chi connectivity index (χ3n) is 2.76. The molecular formula is C13H17NO4. The maximum absolute atomic E-state index is 11.5. The van der Waals surface area contributed by atoms with E-state index in [4.69, 9.17) is 9.84 Å². The highest BCUT2D eigenvalue weighted by atomic mass is 16.5. The van der Waals surface area contributed by atoms with Crippen molar-refractivity contribution < 1.29 is 19.4 Å². The van der Waals surface area contributed by atoms with Crippen LogP contribution in [0, 0.1) is 0 Å². The Morgan fingerprint density at radius 3 is 2.50 bits per heavy atom. The first-order valence-corrected chi connectivity index (χ1v) is 5.59. The number of benzene rings is 1. The summed E-state index contributed by atoms with van der Waals surface area (Å²) in [6.45, 7) is 3.06. The minimum absolute atomic E-state index is 0.215.